The van der Waals surface area contributed by atoms with Gasteiger partial charge in [0.2, 0.25) is 5.91 Å². The smallest absolute Gasteiger partial charge is 0.323 e. The zero-order chi connectivity index (χ0) is 20.1. The third-order valence-corrected chi connectivity index (χ3v) is 5.72. The van der Waals surface area contributed by atoms with Gasteiger partial charge in [-0.1, -0.05) is 30.3 Å². The summed E-state index contributed by atoms with van der Waals surface area (Å²) in [5, 5.41) is 8.28. The van der Waals surface area contributed by atoms with Gasteiger partial charge >= 0.3 is 6.03 Å². The summed E-state index contributed by atoms with van der Waals surface area (Å²) in [4.78, 5) is 31.1. The quantitative estimate of drug-likeness (QED) is 0.666. The molecule has 29 heavy (non-hydrogen) atoms. The van der Waals surface area contributed by atoms with Crippen LogP contribution < -0.4 is 10.6 Å². The summed E-state index contributed by atoms with van der Waals surface area (Å²) in [5.74, 6) is 0.654. The molecule has 1 fully saturated rings. The van der Waals surface area contributed by atoms with Crippen molar-refractivity contribution in [2.45, 2.75) is 19.4 Å². The second-order valence-electron chi connectivity index (χ2n) is 6.89. The molecular weight excluding hydrogens is 388 g/mol. The van der Waals surface area contributed by atoms with Crippen LogP contribution in [0, 0.1) is 5.92 Å². The maximum absolute atomic E-state index is 12.5. The summed E-state index contributed by atoms with van der Waals surface area (Å²) in [6.07, 6.45) is 2.87. The lowest BCUT2D eigenvalue weighted by Gasteiger charge is -2.31. The van der Waals surface area contributed by atoms with Gasteiger partial charge in [0.05, 0.1) is 18.5 Å². The molecule has 1 aliphatic heterocycles. The molecule has 3 amide bonds. The van der Waals surface area contributed by atoms with Crippen LogP contribution in [0.25, 0.3) is 11.3 Å². The number of nitrogens with one attached hydrogen (secondary N) is 2. The maximum atomic E-state index is 12.5. The Morgan fingerprint density at radius 2 is 1.93 bits per heavy atom. The van der Waals surface area contributed by atoms with Gasteiger partial charge in [-0.15, -0.1) is 11.3 Å². The fraction of sp³-hybridized carbons (Fsp3) is 0.286. The highest BCUT2D eigenvalue weighted by Crippen LogP contribution is 2.25. The molecule has 1 aromatic carbocycles. The van der Waals surface area contributed by atoms with E-state index < -0.39 is 0 Å². The summed E-state index contributed by atoms with van der Waals surface area (Å²) in [6.45, 7) is 1.48. The minimum atomic E-state index is -0.173. The number of nitrogens with zero attached hydrogens (tertiary/aromatic N) is 2. The number of aromatic nitrogens is 1. The van der Waals surface area contributed by atoms with Gasteiger partial charge in [-0.2, -0.15) is 0 Å². The van der Waals surface area contributed by atoms with Gasteiger partial charge in [0.15, 0.2) is 5.13 Å². The summed E-state index contributed by atoms with van der Waals surface area (Å²) in [7, 11) is 0. The Balaban J connectivity index is 1.25. The van der Waals surface area contributed by atoms with E-state index in [9.17, 15) is 9.59 Å². The van der Waals surface area contributed by atoms with Crippen LogP contribution in [-0.2, 0) is 11.3 Å². The van der Waals surface area contributed by atoms with Crippen LogP contribution >= 0.6 is 11.3 Å². The highest BCUT2D eigenvalue weighted by Gasteiger charge is 2.27. The Kier molecular flexibility index (Phi) is 5.90. The molecule has 4 rings (SSSR count). The molecule has 7 nitrogen and oxygen atoms in total. The van der Waals surface area contributed by atoms with Crippen molar-refractivity contribution in [3.05, 3.63) is 59.9 Å². The molecule has 1 aliphatic rings. The number of urea groups is 1. The van der Waals surface area contributed by atoms with E-state index in [0.29, 0.717) is 37.6 Å². The maximum Gasteiger partial charge on any atom is 0.323 e. The number of piperidine rings is 1. The highest BCUT2D eigenvalue weighted by molar-refractivity contribution is 7.14. The lowest BCUT2D eigenvalue weighted by molar-refractivity contribution is -0.126. The average molecular weight is 410 g/mol. The van der Waals surface area contributed by atoms with E-state index in [2.05, 4.69) is 15.6 Å². The van der Waals surface area contributed by atoms with Crippen LogP contribution in [0.4, 0.5) is 9.93 Å². The van der Waals surface area contributed by atoms with Crippen molar-refractivity contribution >= 4 is 28.4 Å². The van der Waals surface area contributed by atoms with Gasteiger partial charge in [0.1, 0.15) is 5.76 Å². The number of benzene rings is 1. The van der Waals surface area contributed by atoms with Gasteiger partial charge < -0.3 is 14.6 Å². The topological polar surface area (TPSA) is 87.5 Å². The Hall–Kier alpha value is -3.13. The number of thiazole rings is 1. The van der Waals surface area contributed by atoms with Crippen LogP contribution in [0.2, 0.25) is 0 Å². The number of rotatable bonds is 5. The normalized spacial score (nSPS) is 14.6. The fourth-order valence-electron chi connectivity index (χ4n) is 3.32. The largest absolute Gasteiger partial charge is 0.467 e. The average Bonchev–Trinajstić information content (AvgIpc) is 3.45. The van der Waals surface area contributed by atoms with Crippen molar-refractivity contribution in [2.24, 2.45) is 5.92 Å². The van der Waals surface area contributed by atoms with Crippen LogP contribution in [0.1, 0.15) is 18.6 Å². The number of likely N-dealkylation sites (tertiary alicyclic amines) is 1. The third kappa shape index (κ3) is 4.83. The number of carbonyl (C=O) groups excluding carboxylic acids is 2. The van der Waals surface area contributed by atoms with E-state index in [1.807, 2.05) is 41.8 Å². The summed E-state index contributed by atoms with van der Waals surface area (Å²) in [6, 6.07) is 13.3. The molecular formula is C21H22N4O3S. The Morgan fingerprint density at radius 3 is 2.66 bits per heavy atom. The van der Waals surface area contributed by atoms with E-state index in [4.69, 9.17) is 4.42 Å². The van der Waals surface area contributed by atoms with Crippen LogP contribution in [0.5, 0.6) is 0 Å². The molecule has 0 radical (unpaired) electrons. The predicted molar refractivity (Wildman–Crippen MR) is 111 cm³/mol. The number of hydrogen-bond acceptors (Lipinski definition) is 5. The zero-order valence-corrected chi connectivity index (χ0v) is 16.7. The second kappa shape index (κ2) is 8.91. The third-order valence-electron chi connectivity index (χ3n) is 4.96. The first kappa shape index (κ1) is 19.2. The van der Waals surface area contributed by atoms with Gasteiger partial charge in [0, 0.05) is 30.0 Å². The Morgan fingerprint density at radius 1 is 1.14 bits per heavy atom. The summed E-state index contributed by atoms with van der Waals surface area (Å²) in [5.41, 5.74) is 1.86. The summed E-state index contributed by atoms with van der Waals surface area (Å²) >= 11 is 1.40. The molecule has 0 unspecified atom stereocenters. The van der Waals surface area contributed by atoms with Crippen LogP contribution in [-0.4, -0.2) is 34.9 Å². The first-order chi connectivity index (χ1) is 14.2. The van der Waals surface area contributed by atoms with Crippen molar-refractivity contribution in [3.8, 4) is 11.3 Å². The Bertz CT molecular complexity index is 947. The van der Waals surface area contributed by atoms with E-state index in [-0.39, 0.29) is 17.9 Å². The van der Waals surface area contributed by atoms with Gasteiger partial charge in [-0.3, -0.25) is 10.1 Å². The second-order valence-corrected chi connectivity index (χ2v) is 7.75. The van der Waals surface area contributed by atoms with E-state index >= 15 is 0 Å². The number of anilines is 1. The monoisotopic (exact) mass is 410 g/mol. The van der Waals surface area contributed by atoms with Gasteiger partial charge in [0.25, 0.3) is 0 Å². The number of amides is 3. The molecule has 2 aromatic heterocycles. The van der Waals surface area contributed by atoms with Crippen molar-refractivity contribution in [2.75, 3.05) is 18.4 Å². The minimum Gasteiger partial charge on any atom is -0.467 e. The SMILES string of the molecule is O=C(NCc1ccco1)C1CCN(C(=O)Nc2nc(-c3ccccc3)cs2)CC1. The van der Waals surface area contributed by atoms with Crippen molar-refractivity contribution in [3.63, 3.8) is 0 Å². The van der Waals surface area contributed by atoms with Crippen LogP contribution in [0.15, 0.2) is 58.5 Å². The lowest BCUT2D eigenvalue weighted by atomic mass is 9.96. The minimum absolute atomic E-state index is 0.00823. The lowest BCUT2D eigenvalue weighted by Crippen LogP contribution is -2.44. The van der Waals surface area contributed by atoms with E-state index in [0.717, 1.165) is 17.0 Å². The number of carbonyl (C=O) groups is 2. The molecule has 3 aromatic rings. The first-order valence-electron chi connectivity index (χ1n) is 9.56. The standard InChI is InChI=1S/C21H22N4O3S/c26-19(22-13-17-7-4-12-28-17)16-8-10-25(11-9-16)21(27)24-20-23-18(14-29-20)15-5-2-1-3-6-15/h1-7,12,14,16H,8-11,13H2,(H,22,26)(H,23,24,27). The Labute approximate surface area is 172 Å². The molecule has 0 saturated carbocycles. The van der Waals surface area contributed by atoms with Gasteiger partial charge in [-0.25, -0.2) is 9.78 Å². The molecule has 8 heteroatoms. The zero-order valence-electron chi connectivity index (χ0n) is 15.8. The molecule has 3 heterocycles. The predicted octanol–water partition coefficient (Wildman–Crippen LogP) is 3.96. The molecule has 0 spiro atoms. The highest BCUT2D eigenvalue weighted by atomic mass is 32.1. The molecule has 0 bridgehead atoms. The molecule has 0 atom stereocenters. The van der Waals surface area contributed by atoms with Crippen molar-refractivity contribution in [1.82, 2.24) is 15.2 Å². The first-order valence-corrected chi connectivity index (χ1v) is 10.4. The summed E-state index contributed by atoms with van der Waals surface area (Å²) < 4.78 is 5.23. The number of hydrogen-bond donors (Lipinski definition) is 2. The molecule has 2 N–H and O–H groups in total. The van der Waals surface area contributed by atoms with Gasteiger partial charge in [-0.05, 0) is 25.0 Å². The fourth-order valence-corrected chi connectivity index (χ4v) is 4.03. The van der Waals surface area contributed by atoms with E-state index in [1.54, 1.807) is 17.2 Å². The van der Waals surface area contributed by atoms with Crippen molar-refractivity contribution in [1.29, 1.82) is 0 Å². The van der Waals surface area contributed by atoms with Crippen LogP contribution in [0.3, 0.4) is 0 Å². The van der Waals surface area contributed by atoms with Crippen molar-refractivity contribution < 1.29 is 14.0 Å². The molecule has 0 aliphatic carbocycles. The molecule has 1 saturated heterocycles. The van der Waals surface area contributed by atoms with E-state index in [1.165, 1.54) is 11.3 Å². The molecule has 150 valence electrons. The number of furan rings is 1.